The Labute approximate surface area is 195 Å². The largest absolute Gasteiger partial charge is 0.481 e. The summed E-state index contributed by atoms with van der Waals surface area (Å²) in [6.07, 6.45) is 10.9. The van der Waals surface area contributed by atoms with Gasteiger partial charge in [0.05, 0.1) is 4.91 Å². The van der Waals surface area contributed by atoms with Crippen LogP contribution in [0.3, 0.4) is 0 Å². The summed E-state index contributed by atoms with van der Waals surface area (Å²) in [5.74, 6) is -0.947. The minimum atomic E-state index is -0.809. The number of carbonyl (C=O) groups is 2. The normalized spacial score (nSPS) is 15.5. The molecule has 32 heavy (non-hydrogen) atoms. The molecule has 0 aliphatic carbocycles. The Kier molecular flexibility index (Phi) is 9.65. The van der Waals surface area contributed by atoms with Crippen LogP contribution in [0.5, 0.6) is 0 Å². The Balaban J connectivity index is 1.57. The molecule has 3 rings (SSSR count). The molecule has 0 bridgehead atoms. The van der Waals surface area contributed by atoms with E-state index >= 15 is 0 Å². The van der Waals surface area contributed by atoms with Crippen molar-refractivity contribution in [3.63, 3.8) is 0 Å². The predicted molar refractivity (Wildman–Crippen MR) is 132 cm³/mol. The Morgan fingerprint density at radius 2 is 1.81 bits per heavy atom. The molecule has 0 spiro atoms. The van der Waals surface area contributed by atoms with Crippen LogP contribution in [0.2, 0.25) is 0 Å². The summed E-state index contributed by atoms with van der Waals surface area (Å²) >= 11 is 1.41. The summed E-state index contributed by atoms with van der Waals surface area (Å²) < 4.78 is 0. The molecule has 2 aliphatic heterocycles. The van der Waals surface area contributed by atoms with Gasteiger partial charge in [-0.05, 0) is 61.6 Å². The van der Waals surface area contributed by atoms with Gasteiger partial charge in [0.1, 0.15) is 0 Å². The number of nitrogens with one attached hydrogen (secondary N) is 1. The molecule has 0 saturated heterocycles. The number of nitrogens with zero attached hydrogens (tertiary/aromatic N) is 2. The van der Waals surface area contributed by atoms with Crippen LogP contribution in [0.15, 0.2) is 39.9 Å². The molecule has 1 amide bonds. The van der Waals surface area contributed by atoms with Gasteiger partial charge < -0.3 is 15.3 Å². The fourth-order valence-electron chi connectivity index (χ4n) is 4.08. The van der Waals surface area contributed by atoms with Gasteiger partial charge in [-0.25, -0.2) is 0 Å². The highest BCUT2D eigenvalue weighted by molar-refractivity contribution is 8.18. The number of fused-ring (bicyclic) bond motifs is 1. The average Bonchev–Trinajstić information content (AvgIpc) is 3.16. The first-order valence-corrected chi connectivity index (χ1v) is 12.7. The van der Waals surface area contributed by atoms with Crippen molar-refractivity contribution in [2.45, 2.75) is 77.6 Å². The third-order valence-electron chi connectivity index (χ3n) is 5.84. The lowest BCUT2D eigenvalue weighted by Crippen LogP contribution is -2.29. The van der Waals surface area contributed by atoms with E-state index in [9.17, 15) is 9.59 Å². The Morgan fingerprint density at radius 3 is 2.56 bits per heavy atom. The van der Waals surface area contributed by atoms with Crippen LogP contribution in [0.1, 0.15) is 76.7 Å². The third kappa shape index (κ3) is 7.12. The van der Waals surface area contributed by atoms with Crippen LogP contribution < -0.4 is 5.32 Å². The molecule has 0 radical (unpaired) electrons. The standard InChI is InChI=1S/C25H35N3O3S/c1-2-3-4-5-6-7-10-19-13-15-20(16-14-19)27-24(31)23-21(11-8-12-22(29)30)28-18-9-17-26-25(28)32-23/h13-16H,2-12,17-18H2,1H3,(H,27,31)(H,29,30). The fraction of sp³-hybridized carbons (Fsp3) is 0.560. The summed E-state index contributed by atoms with van der Waals surface area (Å²) in [5, 5.41) is 12.9. The second kappa shape index (κ2) is 12.7. The van der Waals surface area contributed by atoms with E-state index in [0.29, 0.717) is 17.7 Å². The molecule has 1 aromatic carbocycles. The van der Waals surface area contributed by atoms with Crippen molar-refractivity contribution in [2.75, 3.05) is 18.4 Å². The molecule has 2 aliphatic rings. The number of unbranched alkanes of at least 4 members (excludes halogenated alkanes) is 5. The van der Waals surface area contributed by atoms with Crippen molar-refractivity contribution in [1.82, 2.24) is 4.90 Å². The first-order chi connectivity index (χ1) is 15.6. The smallest absolute Gasteiger partial charge is 0.303 e. The van der Waals surface area contributed by atoms with E-state index in [1.165, 1.54) is 55.9 Å². The lowest BCUT2D eigenvalue weighted by atomic mass is 10.0. The van der Waals surface area contributed by atoms with Crippen LogP contribution in [0.25, 0.3) is 0 Å². The zero-order valence-corrected chi connectivity index (χ0v) is 19.9. The quantitative estimate of drug-likeness (QED) is 0.366. The number of amides is 1. The van der Waals surface area contributed by atoms with E-state index in [4.69, 9.17) is 5.11 Å². The highest BCUT2D eigenvalue weighted by atomic mass is 32.2. The molecule has 0 atom stereocenters. The van der Waals surface area contributed by atoms with Gasteiger partial charge in [-0.15, -0.1) is 0 Å². The average molecular weight is 458 g/mol. The summed E-state index contributed by atoms with van der Waals surface area (Å²) in [4.78, 5) is 31.3. The van der Waals surface area contributed by atoms with E-state index < -0.39 is 5.97 Å². The number of carboxylic acids is 1. The maximum Gasteiger partial charge on any atom is 0.303 e. The number of carbonyl (C=O) groups excluding carboxylic acids is 1. The summed E-state index contributed by atoms with van der Waals surface area (Å²) in [6.45, 7) is 3.84. The van der Waals surface area contributed by atoms with Crippen molar-refractivity contribution >= 4 is 34.5 Å². The van der Waals surface area contributed by atoms with Gasteiger partial charge in [-0.3, -0.25) is 14.6 Å². The van der Waals surface area contributed by atoms with E-state index in [2.05, 4.69) is 34.3 Å². The van der Waals surface area contributed by atoms with Crippen LogP contribution in [-0.4, -0.2) is 40.1 Å². The molecule has 0 aromatic heterocycles. The second-order valence-electron chi connectivity index (χ2n) is 8.46. The highest BCUT2D eigenvalue weighted by Crippen LogP contribution is 2.39. The zero-order valence-electron chi connectivity index (χ0n) is 19.1. The molecule has 7 heteroatoms. The van der Waals surface area contributed by atoms with Gasteiger partial charge in [-0.2, -0.15) is 0 Å². The summed E-state index contributed by atoms with van der Waals surface area (Å²) in [5.41, 5.74) is 2.99. The van der Waals surface area contributed by atoms with Gasteiger partial charge in [0, 0.05) is 30.9 Å². The highest BCUT2D eigenvalue weighted by Gasteiger charge is 2.34. The number of amidine groups is 1. The van der Waals surface area contributed by atoms with Gasteiger partial charge in [0.25, 0.3) is 5.91 Å². The number of allylic oxidation sites excluding steroid dienone is 1. The molecule has 1 aromatic rings. The summed E-state index contributed by atoms with van der Waals surface area (Å²) in [6, 6.07) is 8.14. The summed E-state index contributed by atoms with van der Waals surface area (Å²) in [7, 11) is 0. The van der Waals surface area contributed by atoms with Crippen LogP contribution in [-0.2, 0) is 16.0 Å². The zero-order chi connectivity index (χ0) is 22.8. The van der Waals surface area contributed by atoms with Crippen LogP contribution in [0, 0.1) is 0 Å². The minimum Gasteiger partial charge on any atom is -0.481 e. The first kappa shape index (κ1) is 24.4. The van der Waals surface area contributed by atoms with E-state index in [1.54, 1.807) is 0 Å². The van der Waals surface area contributed by atoms with Crippen molar-refractivity contribution in [3.8, 4) is 0 Å². The molecular formula is C25H35N3O3S. The molecule has 0 unspecified atom stereocenters. The number of aliphatic imine (C=N–C) groups is 1. The van der Waals surface area contributed by atoms with Gasteiger partial charge in [0.2, 0.25) is 0 Å². The lowest BCUT2D eigenvalue weighted by molar-refractivity contribution is -0.137. The Bertz CT molecular complexity index is 848. The number of aliphatic carboxylic acids is 1. The molecular weight excluding hydrogens is 422 g/mol. The van der Waals surface area contributed by atoms with E-state index in [0.717, 1.165) is 42.5 Å². The van der Waals surface area contributed by atoms with Crippen molar-refractivity contribution in [2.24, 2.45) is 4.99 Å². The van der Waals surface area contributed by atoms with E-state index in [1.807, 2.05) is 12.1 Å². The van der Waals surface area contributed by atoms with Crippen molar-refractivity contribution in [3.05, 3.63) is 40.4 Å². The number of thioether (sulfide) groups is 1. The third-order valence-corrected chi connectivity index (χ3v) is 7.00. The fourth-order valence-corrected chi connectivity index (χ4v) is 5.20. The Hall–Kier alpha value is -2.28. The SMILES string of the molecule is CCCCCCCCc1ccc(NC(=O)C2=C(CCCC(=O)O)N3CCCN=C3S2)cc1. The van der Waals surface area contributed by atoms with Crippen LogP contribution >= 0.6 is 11.8 Å². The van der Waals surface area contributed by atoms with Gasteiger partial charge >= 0.3 is 5.97 Å². The molecule has 0 fully saturated rings. The molecule has 0 saturated carbocycles. The second-order valence-corrected chi connectivity index (χ2v) is 9.44. The van der Waals surface area contributed by atoms with Crippen LogP contribution in [0.4, 0.5) is 5.69 Å². The molecule has 2 N–H and O–H groups in total. The molecule has 6 nitrogen and oxygen atoms in total. The van der Waals surface area contributed by atoms with Crippen molar-refractivity contribution in [1.29, 1.82) is 0 Å². The number of hydrogen-bond donors (Lipinski definition) is 2. The topological polar surface area (TPSA) is 82.0 Å². The molecule has 2 heterocycles. The number of carboxylic acid groups (broad SMARTS) is 1. The number of anilines is 1. The number of aryl methyl sites for hydroxylation is 1. The maximum atomic E-state index is 13.1. The minimum absolute atomic E-state index is 0.101. The van der Waals surface area contributed by atoms with Crippen molar-refractivity contribution < 1.29 is 14.7 Å². The Morgan fingerprint density at radius 1 is 1.06 bits per heavy atom. The van der Waals surface area contributed by atoms with Gasteiger partial charge in [-0.1, -0.05) is 51.2 Å². The van der Waals surface area contributed by atoms with E-state index in [-0.39, 0.29) is 12.3 Å². The first-order valence-electron chi connectivity index (χ1n) is 11.9. The monoisotopic (exact) mass is 457 g/mol. The molecule has 174 valence electrons. The number of benzene rings is 1. The predicted octanol–water partition coefficient (Wildman–Crippen LogP) is 5.80. The number of rotatable bonds is 13. The maximum absolute atomic E-state index is 13.1. The number of hydrogen-bond acceptors (Lipinski definition) is 5. The lowest BCUT2D eigenvalue weighted by Gasteiger charge is -2.25. The van der Waals surface area contributed by atoms with Gasteiger partial charge in [0.15, 0.2) is 5.17 Å².